The summed E-state index contributed by atoms with van der Waals surface area (Å²) in [6.07, 6.45) is 7.03. The molecule has 8 nitrogen and oxygen atoms in total. The molecule has 1 aliphatic heterocycles. The summed E-state index contributed by atoms with van der Waals surface area (Å²) < 4.78 is 38.3. The van der Waals surface area contributed by atoms with Crippen LogP contribution in [0.2, 0.25) is 5.02 Å². The number of allylic oxidation sites excluding steroid dienone is 1. The Balaban J connectivity index is 1.58. The molecule has 3 rings (SSSR count). The number of hydrogen-bond acceptors (Lipinski definition) is 6. The van der Waals surface area contributed by atoms with Crippen molar-refractivity contribution in [1.29, 1.82) is 0 Å². The van der Waals surface area contributed by atoms with E-state index < -0.39 is 28.5 Å². The van der Waals surface area contributed by atoms with Crippen LogP contribution in [0, 0.1) is 0 Å². The number of esters is 1. The van der Waals surface area contributed by atoms with Crippen LogP contribution in [0.4, 0.5) is 0 Å². The number of carbonyl (C=O) groups is 2. The van der Waals surface area contributed by atoms with Gasteiger partial charge in [0, 0.05) is 19.6 Å². The Bertz CT molecular complexity index is 1000. The molecule has 0 aromatic heterocycles. The highest BCUT2D eigenvalue weighted by Gasteiger charge is 2.34. The molecule has 182 valence electrons. The van der Waals surface area contributed by atoms with Crippen LogP contribution in [0.15, 0.2) is 34.7 Å². The smallest absolute Gasteiger partial charge is 0.338 e. The van der Waals surface area contributed by atoms with E-state index in [4.69, 9.17) is 21.1 Å². The summed E-state index contributed by atoms with van der Waals surface area (Å²) in [5, 5.41) is 2.75. The van der Waals surface area contributed by atoms with Gasteiger partial charge in [-0.3, -0.25) is 4.79 Å². The fraction of sp³-hybridized carbons (Fsp3) is 0.565. The maximum absolute atomic E-state index is 13.2. The predicted octanol–water partition coefficient (Wildman–Crippen LogP) is 3.30. The van der Waals surface area contributed by atoms with Gasteiger partial charge in [-0.1, -0.05) is 23.3 Å². The first kappa shape index (κ1) is 25.7. The van der Waals surface area contributed by atoms with Crippen LogP contribution in [0.1, 0.15) is 56.3 Å². The van der Waals surface area contributed by atoms with Crippen LogP contribution in [0.5, 0.6) is 0 Å². The van der Waals surface area contributed by atoms with Crippen molar-refractivity contribution < 1.29 is 27.5 Å². The Labute approximate surface area is 200 Å². The Hall–Kier alpha value is -1.94. The van der Waals surface area contributed by atoms with Crippen LogP contribution in [0.3, 0.4) is 0 Å². The molecular weight excluding hydrogens is 468 g/mol. The van der Waals surface area contributed by atoms with E-state index in [0.717, 1.165) is 19.3 Å². The van der Waals surface area contributed by atoms with E-state index in [2.05, 4.69) is 11.4 Å². The third-order valence-corrected chi connectivity index (χ3v) is 7.97. The SMILES string of the molecule is CC1CN(S(=O)(=O)c2cc(C(=O)OCC(=O)NCCC3=CCCCC3)ccc2Cl)CC(C)O1. The summed E-state index contributed by atoms with van der Waals surface area (Å²) in [5.74, 6) is -1.20. The van der Waals surface area contributed by atoms with Crippen molar-refractivity contribution >= 4 is 33.5 Å². The second-order valence-corrected chi connectivity index (χ2v) is 10.8. The van der Waals surface area contributed by atoms with Crippen molar-refractivity contribution in [2.24, 2.45) is 0 Å². The van der Waals surface area contributed by atoms with Gasteiger partial charge in [-0.2, -0.15) is 4.31 Å². The Kier molecular flexibility index (Phi) is 8.92. The molecule has 1 aromatic rings. The first-order valence-corrected chi connectivity index (χ1v) is 13.1. The molecule has 1 aliphatic carbocycles. The molecule has 2 aliphatic rings. The zero-order valence-corrected chi connectivity index (χ0v) is 20.6. The van der Waals surface area contributed by atoms with E-state index in [-0.39, 0.29) is 40.8 Å². The number of ether oxygens (including phenoxy) is 2. The molecule has 2 atom stereocenters. The largest absolute Gasteiger partial charge is 0.452 e. The molecule has 0 saturated carbocycles. The summed E-state index contributed by atoms with van der Waals surface area (Å²) in [7, 11) is -3.94. The number of carbonyl (C=O) groups excluding carboxylic acids is 2. The second-order valence-electron chi connectivity index (χ2n) is 8.51. The Morgan fingerprint density at radius 2 is 1.94 bits per heavy atom. The highest BCUT2D eigenvalue weighted by atomic mass is 35.5. The molecule has 0 bridgehead atoms. The van der Waals surface area contributed by atoms with Crippen LogP contribution in [0.25, 0.3) is 0 Å². The molecule has 10 heteroatoms. The molecule has 1 aromatic carbocycles. The lowest BCUT2D eigenvalue weighted by atomic mass is 9.97. The van der Waals surface area contributed by atoms with Gasteiger partial charge in [0.1, 0.15) is 4.90 Å². The molecule has 1 amide bonds. The van der Waals surface area contributed by atoms with Crippen molar-refractivity contribution in [1.82, 2.24) is 9.62 Å². The molecule has 1 fully saturated rings. The highest BCUT2D eigenvalue weighted by molar-refractivity contribution is 7.89. The minimum atomic E-state index is -3.94. The summed E-state index contributed by atoms with van der Waals surface area (Å²) in [6, 6.07) is 3.91. The van der Waals surface area contributed by atoms with Gasteiger partial charge in [0.25, 0.3) is 5.91 Å². The minimum Gasteiger partial charge on any atom is -0.452 e. The summed E-state index contributed by atoms with van der Waals surface area (Å²) in [5.41, 5.74) is 1.35. The van der Waals surface area contributed by atoms with Crippen LogP contribution in [-0.2, 0) is 24.3 Å². The standard InChI is InChI=1S/C23H31ClN2O6S/c1-16-13-26(14-17(2)32-16)33(29,30)21-12-19(8-9-20(21)24)23(28)31-15-22(27)25-11-10-18-6-4-3-5-7-18/h6,8-9,12,16-17H,3-5,7,10-11,13-15H2,1-2H3,(H,25,27). The maximum atomic E-state index is 13.2. The molecule has 0 radical (unpaired) electrons. The van der Waals surface area contributed by atoms with Gasteiger partial charge in [-0.05, 0) is 64.2 Å². The van der Waals surface area contributed by atoms with Gasteiger partial charge in [0.2, 0.25) is 10.0 Å². The number of sulfonamides is 1. The number of nitrogens with zero attached hydrogens (tertiary/aromatic N) is 1. The number of nitrogens with one attached hydrogen (secondary N) is 1. The van der Waals surface area contributed by atoms with E-state index in [1.165, 1.54) is 40.9 Å². The van der Waals surface area contributed by atoms with E-state index in [0.29, 0.717) is 6.54 Å². The zero-order valence-electron chi connectivity index (χ0n) is 19.0. The van der Waals surface area contributed by atoms with Gasteiger partial charge in [0.15, 0.2) is 6.61 Å². The van der Waals surface area contributed by atoms with E-state index in [1.807, 2.05) is 0 Å². The zero-order chi connectivity index (χ0) is 24.0. The average molecular weight is 499 g/mol. The molecule has 1 saturated heterocycles. The average Bonchev–Trinajstić information content (AvgIpc) is 2.77. The van der Waals surface area contributed by atoms with Crippen LogP contribution >= 0.6 is 11.6 Å². The number of rotatable bonds is 8. The number of hydrogen-bond donors (Lipinski definition) is 1. The van der Waals surface area contributed by atoms with Gasteiger partial charge in [-0.15, -0.1) is 0 Å². The van der Waals surface area contributed by atoms with Crippen molar-refractivity contribution in [2.45, 2.75) is 63.1 Å². The van der Waals surface area contributed by atoms with Gasteiger partial charge in [0.05, 0.1) is 22.8 Å². The van der Waals surface area contributed by atoms with Gasteiger partial charge in [-0.25, -0.2) is 13.2 Å². The lowest BCUT2D eigenvalue weighted by molar-refractivity contribution is -0.124. The number of morpholine rings is 1. The maximum Gasteiger partial charge on any atom is 0.338 e. The molecule has 33 heavy (non-hydrogen) atoms. The lowest BCUT2D eigenvalue weighted by Crippen LogP contribution is -2.48. The van der Waals surface area contributed by atoms with Crippen molar-refractivity contribution in [3.8, 4) is 0 Å². The summed E-state index contributed by atoms with van der Waals surface area (Å²) in [6.45, 7) is 4.02. The minimum absolute atomic E-state index is 0.00694. The quantitative estimate of drug-likeness (QED) is 0.436. The molecule has 2 unspecified atom stereocenters. The first-order valence-electron chi connectivity index (χ1n) is 11.2. The third kappa shape index (κ3) is 7.02. The monoisotopic (exact) mass is 498 g/mol. The van der Waals surface area contributed by atoms with Crippen molar-refractivity contribution in [2.75, 3.05) is 26.2 Å². The van der Waals surface area contributed by atoms with Crippen molar-refractivity contribution in [3.05, 3.63) is 40.4 Å². The fourth-order valence-corrected chi connectivity index (χ4v) is 6.14. The molecule has 0 spiro atoms. The van der Waals surface area contributed by atoms with E-state index in [9.17, 15) is 18.0 Å². The van der Waals surface area contributed by atoms with Crippen molar-refractivity contribution in [3.63, 3.8) is 0 Å². The normalized spacial score (nSPS) is 21.8. The Morgan fingerprint density at radius 3 is 2.61 bits per heavy atom. The highest BCUT2D eigenvalue weighted by Crippen LogP contribution is 2.28. The Morgan fingerprint density at radius 1 is 1.21 bits per heavy atom. The predicted molar refractivity (Wildman–Crippen MR) is 125 cm³/mol. The molecule has 1 N–H and O–H groups in total. The topological polar surface area (TPSA) is 102 Å². The van der Waals surface area contributed by atoms with Gasteiger partial charge < -0.3 is 14.8 Å². The molecule has 1 heterocycles. The second kappa shape index (κ2) is 11.5. The van der Waals surface area contributed by atoms with E-state index in [1.54, 1.807) is 13.8 Å². The number of benzene rings is 1. The lowest BCUT2D eigenvalue weighted by Gasteiger charge is -2.34. The summed E-state index contributed by atoms with van der Waals surface area (Å²) in [4.78, 5) is 24.3. The number of amides is 1. The first-order chi connectivity index (χ1) is 15.7. The number of halogens is 1. The molecular formula is C23H31ClN2O6S. The van der Waals surface area contributed by atoms with Gasteiger partial charge >= 0.3 is 5.97 Å². The van der Waals surface area contributed by atoms with Crippen LogP contribution in [-0.4, -0.2) is 63.0 Å². The fourth-order valence-electron chi connectivity index (χ4n) is 4.05. The van der Waals surface area contributed by atoms with Crippen LogP contribution < -0.4 is 5.32 Å². The third-order valence-electron chi connectivity index (χ3n) is 5.66. The van der Waals surface area contributed by atoms with E-state index >= 15 is 0 Å². The summed E-state index contributed by atoms with van der Waals surface area (Å²) >= 11 is 6.17.